The van der Waals surface area contributed by atoms with E-state index in [1.165, 1.54) is 10.3 Å². The molecule has 0 aliphatic heterocycles. The van der Waals surface area contributed by atoms with Crippen molar-refractivity contribution in [3.63, 3.8) is 0 Å². The van der Waals surface area contributed by atoms with E-state index in [-0.39, 0.29) is 11.7 Å². The molecule has 98 valence electrons. The van der Waals surface area contributed by atoms with E-state index in [1.54, 1.807) is 17.5 Å². The molecule has 0 spiro atoms. The Bertz CT molecular complexity index is 772. The highest BCUT2D eigenvalue weighted by Crippen LogP contribution is 2.36. The number of thiophene rings is 1. The van der Waals surface area contributed by atoms with Crippen molar-refractivity contribution in [3.8, 4) is 0 Å². The van der Waals surface area contributed by atoms with Crippen LogP contribution >= 0.6 is 11.3 Å². The van der Waals surface area contributed by atoms with Gasteiger partial charge in [-0.3, -0.25) is 9.78 Å². The summed E-state index contributed by atoms with van der Waals surface area (Å²) in [6, 6.07) is 14.2. The summed E-state index contributed by atoms with van der Waals surface area (Å²) in [6.45, 7) is 0. The molecule has 4 rings (SSSR count). The molecule has 1 aliphatic carbocycles. The first-order chi connectivity index (χ1) is 9.83. The van der Waals surface area contributed by atoms with Gasteiger partial charge in [0.25, 0.3) is 0 Å². The molecule has 0 N–H and O–H groups in total. The minimum atomic E-state index is -0.0562. The molecule has 2 heterocycles. The van der Waals surface area contributed by atoms with Crippen molar-refractivity contribution in [2.75, 3.05) is 0 Å². The van der Waals surface area contributed by atoms with Crippen molar-refractivity contribution < 1.29 is 4.79 Å². The monoisotopic (exact) mass is 279 g/mol. The van der Waals surface area contributed by atoms with Crippen LogP contribution in [0.25, 0.3) is 10.1 Å². The van der Waals surface area contributed by atoms with Crippen molar-refractivity contribution in [2.45, 2.75) is 18.8 Å². The van der Waals surface area contributed by atoms with Gasteiger partial charge in [-0.2, -0.15) is 0 Å². The van der Waals surface area contributed by atoms with Gasteiger partial charge < -0.3 is 0 Å². The van der Waals surface area contributed by atoms with Crippen LogP contribution in [0.3, 0.4) is 0 Å². The van der Waals surface area contributed by atoms with Gasteiger partial charge in [0.2, 0.25) is 0 Å². The second kappa shape index (κ2) is 4.53. The molecule has 1 unspecified atom stereocenters. The van der Waals surface area contributed by atoms with Crippen LogP contribution in [-0.2, 0) is 6.42 Å². The van der Waals surface area contributed by atoms with Crippen LogP contribution in [0, 0.1) is 0 Å². The van der Waals surface area contributed by atoms with Crippen molar-refractivity contribution in [1.82, 2.24) is 4.98 Å². The summed E-state index contributed by atoms with van der Waals surface area (Å²) in [4.78, 5) is 18.0. The number of pyridine rings is 1. The Morgan fingerprint density at radius 2 is 2.10 bits per heavy atom. The second-order valence-corrected chi connectivity index (χ2v) is 6.24. The Balaban J connectivity index is 1.74. The number of nitrogens with zero attached hydrogens (tertiary/aromatic N) is 1. The van der Waals surface area contributed by atoms with Gasteiger partial charge in [-0.25, -0.2) is 0 Å². The molecular formula is C17H13NOS. The fourth-order valence-corrected chi connectivity index (χ4v) is 4.00. The maximum absolute atomic E-state index is 12.7. The lowest BCUT2D eigenvalue weighted by Crippen LogP contribution is -2.09. The van der Waals surface area contributed by atoms with Crippen LogP contribution < -0.4 is 0 Å². The molecule has 2 aromatic heterocycles. The highest BCUT2D eigenvalue weighted by atomic mass is 32.1. The lowest BCUT2D eigenvalue weighted by molar-refractivity contribution is 0.0962. The number of benzene rings is 1. The molecule has 2 nitrogen and oxygen atoms in total. The lowest BCUT2D eigenvalue weighted by atomic mass is 10.00. The summed E-state index contributed by atoms with van der Waals surface area (Å²) >= 11 is 1.59. The molecule has 3 heteroatoms. The molecule has 1 aromatic carbocycles. The minimum absolute atomic E-state index is 0.0562. The summed E-state index contributed by atoms with van der Waals surface area (Å²) < 4.78 is 1.18. The van der Waals surface area contributed by atoms with E-state index >= 15 is 0 Å². The average molecular weight is 279 g/mol. The molecule has 1 aliphatic rings. The van der Waals surface area contributed by atoms with E-state index in [1.807, 2.05) is 24.3 Å². The zero-order valence-corrected chi connectivity index (χ0v) is 11.7. The number of carbonyl (C=O) groups excluding carboxylic acids is 1. The fourth-order valence-electron chi connectivity index (χ4n) is 2.94. The lowest BCUT2D eigenvalue weighted by Gasteiger charge is -2.07. The average Bonchev–Trinajstić information content (AvgIpc) is 3.10. The Morgan fingerprint density at radius 1 is 1.20 bits per heavy atom. The molecule has 3 aromatic rings. The molecular weight excluding hydrogens is 266 g/mol. The Hall–Kier alpha value is -2.00. The number of aromatic nitrogens is 1. The van der Waals surface area contributed by atoms with Gasteiger partial charge in [-0.05, 0) is 42.0 Å². The Labute approximate surface area is 121 Å². The molecule has 0 fully saturated rings. The van der Waals surface area contributed by atoms with Crippen LogP contribution in [0.5, 0.6) is 0 Å². The number of hydrogen-bond donors (Lipinski definition) is 0. The first-order valence-corrected chi connectivity index (χ1v) is 7.61. The van der Waals surface area contributed by atoms with Gasteiger partial charge in [-0.1, -0.05) is 24.3 Å². The van der Waals surface area contributed by atoms with Gasteiger partial charge in [0.15, 0.2) is 5.78 Å². The van der Waals surface area contributed by atoms with Crippen molar-refractivity contribution >= 4 is 27.2 Å². The number of rotatable bonds is 2. The summed E-state index contributed by atoms with van der Waals surface area (Å²) in [6.07, 6.45) is 3.64. The van der Waals surface area contributed by atoms with Crippen LogP contribution in [0.2, 0.25) is 0 Å². The standard InChI is InChI=1S/C17H13NOS/c19-17(13-8-7-11-5-3-9-18-16(11)13)15-10-12-4-1-2-6-14(12)20-15/h1-6,9-10,13H,7-8H2. The number of fused-ring (bicyclic) bond motifs is 2. The molecule has 0 bridgehead atoms. The molecule has 1 atom stereocenters. The molecule has 0 amide bonds. The first kappa shape index (κ1) is 11.8. The highest BCUT2D eigenvalue weighted by molar-refractivity contribution is 7.20. The van der Waals surface area contributed by atoms with Gasteiger partial charge in [-0.15, -0.1) is 11.3 Å². The summed E-state index contributed by atoms with van der Waals surface area (Å²) in [7, 11) is 0. The third-order valence-corrected chi connectivity index (χ3v) is 5.07. The van der Waals surface area contributed by atoms with Crippen LogP contribution in [0.1, 0.15) is 33.3 Å². The molecule has 0 saturated heterocycles. The van der Waals surface area contributed by atoms with Gasteiger partial charge in [0.05, 0.1) is 16.5 Å². The maximum atomic E-state index is 12.7. The quantitative estimate of drug-likeness (QED) is 0.658. The number of aryl methyl sites for hydroxylation is 1. The van der Waals surface area contributed by atoms with Gasteiger partial charge in [0.1, 0.15) is 0 Å². The van der Waals surface area contributed by atoms with Crippen molar-refractivity contribution in [2.24, 2.45) is 0 Å². The summed E-state index contributed by atoms with van der Waals surface area (Å²) in [5.74, 6) is 0.169. The SMILES string of the molecule is O=C(c1cc2ccccc2s1)C1CCc2cccnc21. The Morgan fingerprint density at radius 3 is 3.00 bits per heavy atom. The zero-order chi connectivity index (χ0) is 13.5. The number of hydrogen-bond acceptors (Lipinski definition) is 3. The number of Topliss-reactive ketones (excluding diaryl/α,β-unsaturated/α-hetero) is 1. The van der Waals surface area contributed by atoms with Crippen LogP contribution in [0.4, 0.5) is 0 Å². The normalized spacial score (nSPS) is 17.3. The van der Waals surface area contributed by atoms with Gasteiger partial charge >= 0.3 is 0 Å². The highest BCUT2D eigenvalue weighted by Gasteiger charge is 2.31. The third kappa shape index (κ3) is 1.78. The van der Waals surface area contributed by atoms with Gasteiger partial charge in [0, 0.05) is 10.9 Å². The molecule has 0 radical (unpaired) electrons. The Kier molecular flexibility index (Phi) is 2.67. The third-order valence-electron chi connectivity index (χ3n) is 3.94. The number of carbonyl (C=O) groups is 1. The number of ketones is 1. The zero-order valence-electron chi connectivity index (χ0n) is 10.9. The van der Waals surface area contributed by atoms with E-state index in [4.69, 9.17) is 0 Å². The van der Waals surface area contributed by atoms with E-state index in [0.29, 0.717) is 0 Å². The van der Waals surface area contributed by atoms with E-state index in [9.17, 15) is 4.79 Å². The van der Waals surface area contributed by atoms with E-state index in [0.717, 1.165) is 28.8 Å². The predicted octanol–water partition coefficient (Wildman–Crippen LogP) is 4.21. The largest absolute Gasteiger partial charge is 0.293 e. The fraction of sp³-hybridized carbons (Fsp3) is 0.176. The van der Waals surface area contributed by atoms with E-state index < -0.39 is 0 Å². The predicted molar refractivity (Wildman–Crippen MR) is 81.5 cm³/mol. The smallest absolute Gasteiger partial charge is 0.181 e. The molecule has 20 heavy (non-hydrogen) atoms. The van der Waals surface area contributed by atoms with Crippen LogP contribution in [-0.4, -0.2) is 10.8 Å². The molecule has 0 saturated carbocycles. The summed E-state index contributed by atoms with van der Waals surface area (Å²) in [5.41, 5.74) is 2.21. The topological polar surface area (TPSA) is 30.0 Å². The van der Waals surface area contributed by atoms with E-state index in [2.05, 4.69) is 23.2 Å². The van der Waals surface area contributed by atoms with Crippen LogP contribution in [0.15, 0.2) is 48.7 Å². The first-order valence-electron chi connectivity index (χ1n) is 6.79. The minimum Gasteiger partial charge on any atom is -0.293 e. The van der Waals surface area contributed by atoms with Crippen molar-refractivity contribution in [3.05, 3.63) is 64.8 Å². The second-order valence-electron chi connectivity index (χ2n) is 5.15. The van der Waals surface area contributed by atoms with Crippen molar-refractivity contribution in [1.29, 1.82) is 0 Å². The maximum Gasteiger partial charge on any atom is 0.181 e. The summed E-state index contributed by atoms with van der Waals surface area (Å²) in [5, 5.41) is 1.15.